The molecule has 4 heteroatoms. The first-order chi connectivity index (χ1) is 6.14. The Morgan fingerprint density at radius 1 is 1.54 bits per heavy atom. The molecule has 76 valence electrons. The molecular formula is C9H17NO3. The van der Waals surface area contributed by atoms with Crippen molar-refractivity contribution in [1.82, 2.24) is 5.32 Å². The van der Waals surface area contributed by atoms with Crippen molar-refractivity contribution < 1.29 is 14.6 Å². The molecular weight excluding hydrogens is 170 g/mol. The van der Waals surface area contributed by atoms with Gasteiger partial charge in [-0.05, 0) is 32.7 Å². The van der Waals surface area contributed by atoms with Crippen molar-refractivity contribution in [3.05, 3.63) is 0 Å². The van der Waals surface area contributed by atoms with Crippen molar-refractivity contribution in [3.63, 3.8) is 0 Å². The highest BCUT2D eigenvalue weighted by Crippen LogP contribution is 2.29. The lowest BCUT2D eigenvalue weighted by Gasteiger charge is -2.35. The minimum atomic E-state index is -0.562. The number of methoxy groups -OCH3 is 1. The number of ether oxygens (including phenoxy) is 1. The molecule has 0 aromatic heterocycles. The highest BCUT2D eigenvalue weighted by atomic mass is 16.5. The molecule has 0 spiro atoms. The van der Waals surface area contributed by atoms with E-state index in [1.165, 1.54) is 7.11 Å². The van der Waals surface area contributed by atoms with Gasteiger partial charge in [-0.25, -0.2) is 0 Å². The van der Waals surface area contributed by atoms with E-state index in [-0.39, 0.29) is 12.1 Å². The first-order valence-electron chi connectivity index (χ1n) is 4.60. The molecule has 0 unspecified atom stereocenters. The van der Waals surface area contributed by atoms with Crippen LogP contribution >= 0.6 is 0 Å². The van der Waals surface area contributed by atoms with Gasteiger partial charge >= 0.3 is 5.97 Å². The zero-order valence-electron chi connectivity index (χ0n) is 8.17. The van der Waals surface area contributed by atoms with Crippen LogP contribution in [0.1, 0.15) is 25.7 Å². The minimum Gasteiger partial charge on any atom is -0.468 e. The number of likely N-dealkylation sites (N-methyl/N-ethyl adjacent to an activating group) is 1. The van der Waals surface area contributed by atoms with E-state index in [1.807, 2.05) is 0 Å². The van der Waals surface area contributed by atoms with E-state index in [0.717, 1.165) is 0 Å². The Morgan fingerprint density at radius 3 is 2.46 bits per heavy atom. The van der Waals surface area contributed by atoms with Gasteiger partial charge in [-0.1, -0.05) is 0 Å². The molecule has 1 saturated carbocycles. The quantitative estimate of drug-likeness (QED) is 0.600. The Hall–Kier alpha value is -0.610. The highest BCUT2D eigenvalue weighted by molar-refractivity contribution is 5.80. The number of aliphatic hydroxyl groups excluding tert-OH is 1. The lowest BCUT2D eigenvalue weighted by atomic mass is 9.80. The Labute approximate surface area is 78.3 Å². The van der Waals surface area contributed by atoms with Crippen molar-refractivity contribution in [2.24, 2.45) is 0 Å². The molecule has 1 aliphatic carbocycles. The van der Waals surface area contributed by atoms with E-state index in [2.05, 4.69) is 5.32 Å². The van der Waals surface area contributed by atoms with E-state index < -0.39 is 5.54 Å². The van der Waals surface area contributed by atoms with Crippen LogP contribution in [-0.2, 0) is 9.53 Å². The van der Waals surface area contributed by atoms with Gasteiger partial charge in [0, 0.05) is 0 Å². The zero-order chi connectivity index (χ0) is 9.90. The number of carbonyl (C=O) groups is 1. The second-order valence-corrected chi connectivity index (χ2v) is 3.55. The van der Waals surface area contributed by atoms with Gasteiger partial charge in [-0.2, -0.15) is 0 Å². The van der Waals surface area contributed by atoms with E-state index in [0.29, 0.717) is 25.7 Å². The van der Waals surface area contributed by atoms with Crippen LogP contribution in [0.5, 0.6) is 0 Å². The summed E-state index contributed by atoms with van der Waals surface area (Å²) in [4.78, 5) is 11.5. The lowest BCUT2D eigenvalue weighted by Crippen LogP contribution is -2.53. The van der Waals surface area contributed by atoms with Gasteiger partial charge in [0.15, 0.2) is 0 Å². The fraction of sp³-hybridized carbons (Fsp3) is 0.889. The van der Waals surface area contributed by atoms with Crippen LogP contribution in [0.2, 0.25) is 0 Å². The van der Waals surface area contributed by atoms with Gasteiger partial charge in [0.1, 0.15) is 5.54 Å². The average molecular weight is 187 g/mol. The van der Waals surface area contributed by atoms with Gasteiger partial charge < -0.3 is 15.2 Å². The third-order valence-electron chi connectivity index (χ3n) is 2.86. The topological polar surface area (TPSA) is 58.6 Å². The van der Waals surface area contributed by atoms with Gasteiger partial charge in [0.05, 0.1) is 13.2 Å². The summed E-state index contributed by atoms with van der Waals surface area (Å²) in [6.07, 6.45) is 2.37. The Bertz CT molecular complexity index is 185. The van der Waals surface area contributed by atoms with Crippen LogP contribution in [0, 0.1) is 0 Å². The van der Waals surface area contributed by atoms with Gasteiger partial charge in [-0.15, -0.1) is 0 Å². The van der Waals surface area contributed by atoms with Crippen LogP contribution in [0.15, 0.2) is 0 Å². The summed E-state index contributed by atoms with van der Waals surface area (Å²) in [5.41, 5.74) is -0.562. The molecule has 1 rings (SSSR count). The highest BCUT2D eigenvalue weighted by Gasteiger charge is 2.41. The summed E-state index contributed by atoms with van der Waals surface area (Å²) in [7, 11) is 3.15. The van der Waals surface area contributed by atoms with Crippen LogP contribution in [0.3, 0.4) is 0 Å². The molecule has 4 nitrogen and oxygen atoms in total. The van der Waals surface area contributed by atoms with Crippen LogP contribution in [0.25, 0.3) is 0 Å². The van der Waals surface area contributed by atoms with E-state index in [1.54, 1.807) is 7.05 Å². The van der Waals surface area contributed by atoms with Crippen molar-refractivity contribution in [2.45, 2.75) is 37.3 Å². The predicted molar refractivity (Wildman–Crippen MR) is 48.3 cm³/mol. The third-order valence-corrected chi connectivity index (χ3v) is 2.86. The Kier molecular flexibility index (Phi) is 3.27. The molecule has 1 aliphatic rings. The third kappa shape index (κ3) is 2.00. The number of hydrogen-bond acceptors (Lipinski definition) is 4. The van der Waals surface area contributed by atoms with Crippen molar-refractivity contribution in [2.75, 3.05) is 14.2 Å². The number of carbonyl (C=O) groups excluding carboxylic acids is 1. The summed E-state index contributed by atoms with van der Waals surface area (Å²) in [5.74, 6) is -0.220. The maximum absolute atomic E-state index is 11.5. The minimum absolute atomic E-state index is 0.220. The average Bonchev–Trinajstić information content (AvgIpc) is 2.18. The summed E-state index contributed by atoms with van der Waals surface area (Å²) in [6, 6.07) is 0. The molecule has 0 amide bonds. The van der Waals surface area contributed by atoms with Crippen LogP contribution in [-0.4, -0.2) is 36.9 Å². The summed E-state index contributed by atoms with van der Waals surface area (Å²) in [6.45, 7) is 0. The van der Waals surface area contributed by atoms with E-state index in [4.69, 9.17) is 4.74 Å². The molecule has 0 radical (unpaired) electrons. The van der Waals surface area contributed by atoms with Crippen molar-refractivity contribution in [1.29, 1.82) is 0 Å². The molecule has 0 aromatic rings. The Morgan fingerprint density at radius 2 is 2.08 bits per heavy atom. The van der Waals surface area contributed by atoms with E-state index in [9.17, 15) is 9.90 Å². The molecule has 0 atom stereocenters. The molecule has 13 heavy (non-hydrogen) atoms. The van der Waals surface area contributed by atoms with Crippen molar-refractivity contribution >= 4 is 5.97 Å². The summed E-state index contributed by atoms with van der Waals surface area (Å²) < 4.78 is 4.74. The van der Waals surface area contributed by atoms with Crippen LogP contribution in [0.4, 0.5) is 0 Å². The van der Waals surface area contributed by atoms with Crippen molar-refractivity contribution in [3.8, 4) is 0 Å². The van der Waals surface area contributed by atoms with Crippen LogP contribution < -0.4 is 5.32 Å². The summed E-state index contributed by atoms with van der Waals surface area (Å²) >= 11 is 0. The number of aliphatic hydroxyl groups is 1. The first kappa shape index (κ1) is 10.5. The predicted octanol–water partition coefficient (Wildman–Crippen LogP) is 0.0525. The van der Waals surface area contributed by atoms with Gasteiger partial charge in [-0.3, -0.25) is 4.79 Å². The summed E-state index contributed by atoms with van der Waals surface area (Å²) in [5, 5.41) is 12.3. The zero-order valence-corrected chi connectivity index (χ0v) is 8.17. The molecule has 0 heterocycles. The van der Waals surface area contributed by atoms with Gasteiger partial charge in [0.2, 0.25) is 0 Å². The SMILES string of the molecule is CNC1(C(=O)OC)CCC(O)CC1. The largest absolute Gasteiger partial charge is 0.468 e. The number of rotatable bonds is 2. The smallest absolute Gasteiger partial charge is 0.326 e. The lowest BCUT2D eigenvalue weighted by molar-refractivity contribution is -0.150. The second-order valence-electron chi connectivity index (χ2n) is 3.55. The molecule has 0 bridgehead atoms. The molecule has 0 aliphatic heterocycles. The molecule has 1 fully saturated rings. The maximum atomic E-state index is 11.5. The van der Waals surface area contributed by atoms with Gasteiger partial charge in [0.25, 0.3) is 0 Å². The number of esters is 1. The second kappa shape index (κ2) is 4.07. The fourth-order valence-electron chi connectivity index (χ4n) is 1.85. The number of nitrogens with one attached hydrogen (secondary N) is 1. The fourth-order valence-corrected chi connectivity index (χ4v) is 1.85. The molecule has 2 N–H and O–H groups in total. The monoisotopic (exact) mass is 187 g/mol. The first-order valence-corrected chi connectivity index (χ1v) is 4.60. The molecule has 0 aromatic carbocycles. The Balaban J connectivity index is 2.65. The number of hydrogen-bond donors (Lipinski definition) is 2. The standard InChI is InChI=1S/C9H17NO3/c1-10-9(8(12)13-2)5-3-7(11)4-6-9/h7,10-11H,3-6H2,1-2H3. The normalized spacial score (nSPS) is 34.2. The molecule has 0 saturated heterocycles. The van der Waals surface area contributed by atoms with E-state index >= 15 is 0 Å². The maximum Gasteiger partial charge on any atom is 0.326 e.